The van der Waals surface area contributed by atoms with Crippen LogP contribution in [0.1, 0.15) is 30.5 Å². The number of methoxy groups -OCH3 is 1. The van der Waals surface area contributed by atoms with E-state index in [2.05, 4.69) is 22.1 Å². The zero-order chi connectivity index (χ0) is 23.8. The molecule has 0 amide bonds. The molecule has 1 aliphatic heterocycles. The van der Waals surface area contributed by atoms with Gasteiger partial charge in [0.05, 0.1) is 12.2 Å². The summed E-state index contributed by atoms with van der Waals surface area (Å²) in [6.45, 7) is 6.41. The summed E-state index contributed by atoms with van der Waals surface area (Å²) in [6.07, 6.45) is 4.69. The van der Waals surface area contributed by atoms with E-state index in [4.69, 9.17) is 14.2 Å². The lowest BCUT2D eigenvalue weighted by atomic mass is 9.95. The third kappa shape index (κ3) is 6.58. The van der Waals surface area contributed by atoms with Gasteiger partial charge in [0.25, 0.3) is 0 Å². The fourth-order valence-corrected chi connectivity index (χ4v) is 4.35. The fourth-order valence-electron chi connectivity index (χ4n) is 4.35. The van der Waals surface area contributed by atoms with Crippen molar-refractivity contribution in [2.24, 2.45) is 0 Å². The van der Waals surface area contributed by atoms with Crippen LogP contribution in [0.3, 0.4) is 0 Å². The first-order chi connectivity index (χ1) is 16.5. The van der Waals surface area contributed by atoms with Crippen molar-refractivity contribution in [1.82, 2.24) is 14.7 Å². The van der Waals surface area contributed by atoms with E-state index in [9.17, 15) is 4.39 Å². The highest BCUT2D eigenvalue weighted by atomic mass is 19.1. The maximum atomic E-state index is 13.9. The molecule has 1 aliphatic rings. The molecule has 182 valence electrons. The van der Waals surface area contributed by atoms with Gasteiger partial charge in [-0.25, -0.2) is 4.39 Å². The molecule has 1 aromatic heterocycles. The molecule has 2 heterocycles. The summed E-state index contributed by atoms with van der Waals surface area (Å²) in [5.41, 5.74) is 1.86. The molecule has 1 saturated heterocycles. The van der Waals surface area contributed by atoms with Gasteiger partial charge in [0.1, 0.15) is 24.6 Å². The summed E-state index contributed by atoms with van der Waals surface area (Å²) in [6, 6.07) is 16.8. The summed E-state index contributed by atoms with van der Waals surface area (Å²) in [5, 5.41) is 4.37. The van der Waals surface area contributed by atoms with Crippen LogP contribution in [0, 0.1) is 12.7 Å². The molecule has 0 bridgehead atoms. The maximum Gasteiger partial charge on any atom is 0.165 e. The van der Waals surface area contributed by atoms with E-state index in [1.165, 1.54) is 11.6 Å². The zero-order valence-electron chi connectivity index (χ0n) is 20.1. The van der Waals surface area contributed by atoms with Gasteiger partial charge in [-0.3, -0.25) is 9.58 Å². The Kier molecular flexibility index (Phi) is 8.19. The van der Waals surface area contributed by atoms with E-state index in [-0.39, 0.29) is 11.6 Å². The second-order valence-corrected chi connectivity index (χ2v) is 8.95. The van der Waals surface area contributed by atoms with E-state index in [0.717, 1.165) is 56.9 Å². The summed E-state index contributed by atoms with van der Waals surface area (Å²) >= 11 is 0. The Morgan fingerprint density at radius 1 is 1.00 bits per heavy atom. The third-order valence-electron chi connectivity index (χ3n) is 6.44. The highest BCUT2D eigenvalue weighted by Crippen LogP contribution is 2.29. The smallest absolute Gasteiger partial charge is 0.165 e. The van der Waals surface area contributed by atoms with Crippen LogP contribution in [-0.4, -0.2) is 53.7 Å². The van der Waals surface area contributed by atoms with Crippen LogP contribution < -0.4 is 9.47 Å². The largest absolute Gasteiger partial charge is 0.492 e. The molecule has 0 aliphatic carbocycles. The Hall–Kier alpha value is -2.90. The number of halogens is 1. The van der Waals surface area contributed by atoms with Gasteiger partial charge >= 0.3 is 0 Å². The molecular weight excluding hydrogens is 433 g/mol. The van der Waals surface area contributed by atoms with Crippen LogP contribution in [0.4, 0.5) is 4.39 Å². The quantitative estimate of drug-likeness (QED) is 0.426. The molecule has 2 aromatic carbocycles. The maximum absolute atomic E-state index is 13.9. The van der Waals surface area contributed by atoms with Crippen LogP contribution in [0.15, 0.2) is 60.8 Å². The minimum absolute atomic E-state index is 0.280. The highest BCUT2D eigenvalue weighted by molar-refractivity contribution is 5.27. The Balaban J connectivity index is 1.25. The number of nitrogens with zero attached hydrogens (tertiary/aromatic N) is 3. The number of benzene rings is 2. The molecule has 0 radical (unpaired) electrons. The average molecular weight is 468 g/mol. The summed E-state index contributed by atoms with van der Waals surface area (Å²) in [5.74, 6) is 0.808. The summed E-state index contributed by atoms with van der Waals surface area (Å²) in [4.78, 5) is 2.44. The van der Waals surface area contributed by atoms with Crippen molar-refractivity contribution in [3.63, 3.8) is 0 Å². The predicted molar refractivity (Wildman–Crippen MR) is 130 cm³/mol. The molecule has 6 nitrogen and oxygen atoms in total. The normalized spacial score (nSPS) is 19.0. The van der Waals surface area contributed by atoms with Gasteiger partial charge in [0, 0.05) is 26.4 Å². The van der Waals surface area contributed by atoms with Crippen LogP contribution >= 0.6 is 0 Å². The molecule has 1 atom stereocenters. The van der Waals surface area contributed by atoms with Crippen molar-refractivity contribution in [1.29, 1.82) is 0 Å². The molecular formula is C27H34FN3O3. The van der Waals surface area contributed by atoms with Gasteiger partial charge in [-0.15, -0.1) is 0 Å². The molecule has 0 N–H and O–H groups in total. The molecule has 7 heteroatoms. The number of ether oxygens (including phenoxy) is 3. The second-order valence-electron chi connectivity index (χ2n) is 8.95. The topological polar surface area (TPSA) is 48.8 Å². The monoisotopic (exact) mass is 467 g/mol. The van der Waals surface area contributed by atoms with Gasteiger partial charge < -0.3 is 14.2 Å². The molecule has 34 heavy (non-hydrogen) atoms. The predicted octanol–water partition coefficient (Wildman–Crippen LogP) is 4.86. The van der Waals surface area contributed by atoms with Crippen molar-refractivity contribution >= 4 is 0 Å². The van der Waals surface area contributed by atoms with Gasteiger partial charge in [0.15, 0.2) is 11.6 Å². The number of hydrogen-bond donors (Lipinski definition) is 0. The number of likely N-dealkylation sites (tertiary alicyclic amines) is 1. The van der Waals surface area contributed by atoms with E-state index >= 15 is 0 Å². The van der Waals surface area contributed by atoms with Crippen LogP contribution in [0.2, 0.25) is 0 Å². The summed E-state index contributed by atoms with van der Waals surface area (Å²) < 4.78 is 33.4. The Morgan fingerprint density at radius 2 is 1.82 bits per heavy atom. The van der Waals surface area contributed by atoms with Crippen molar-refractivity contribution in [2.45, 2.75) is 44.9 Å². The van der Waals surface area contributed by atoms with Crippen LogP contribution in [0.5, 0.6) is 11.5 Å². The first kappa shape index (κ1) is 24.2. The van der Waals surface area contributed by atoms with E-state index < -0.39 is 5.60 Å². The minimum Gasteiger partial charge on any atom is -0.492 e. The van der Waals surface area contributed by atoms with Crippen molar-refractivity contribution < 1.29 is 18.6 Å². The number of para-hydroxylation sites is 1. The first-order valence-corrected chi connectivity index (χ1v) is 11.9. The SMILES string of the molecule is CO[C@@]1(COc2ccccc2F)CCCN(Cc2ccc(OCCn3ccc(C)n3)cc2)CC1. The fraction of sp³-hybridized carbons (Fsp3) is 0.444. The van der Waals surface area contributed by atoms with Gasteiger partial charge in [0.2, 0.25) is 0 Å². The van der Waals surface area contributed by atoms with Crippen molar-refractivity contribution in [3.05, 3.63) is 77.9 Å². The van der Waals surface area contributed by atoms with Gasteiger partial charge in [-0.05, 0) is 68.6 Å². The molecule has 1 fully saturated rings. The van der Waals surface area contributed by atoms with Crippen molar-refractivity contribution in [2.75, 3.05) is 33.4 Å². The van der Waals surface area contributed by atoms with E-state index in [1.54, 1.807) is 25.3 Å². The molecule has 0 saturated carbocycles. The van der Waals surface area contributed by atoms with Gasteiger partial charge in [-0.2, -0.15) is 5.10 Å². The number of hydrogen-bond acceptors (Lipinski definition) is 5. The van der Waals surface area contributed by atoms with Crippen molar-refractivity contribution in [3.8, 4) is 11.5 Å². The average Bonchev–Trinajstić information content (AvgIpc) is 3.16. The molecule has 0 unspecified atom stereocenters. The van der Waals surface area contributed by atoms with E-state index in [1.807, 2.05) is 36.0 Å². The lowest BCUT2D eigenvalue weighted by Gasteiger charge is -2.31. The Bertz CT molecular complexity index is 1040. The zero-order valence-corrected chi connectivity index (χ0v) is 20.1. The lowest BCUT2D eigenvalue weighted by molar-refractivity contribution is -0.0548. The Labute approximate surface area is 201 Å². The third-order valence-corrected chi connectivity index (χ3v) is 6.44. The molecule has 0 spiro atoms. The van der Waals surface area contributed by atoms with Crippen LogP contribution in [0.25, 0.3) is 0 Å². The first-order valence-electron chi connectivity index (χ1n) is 11.9. The van der Waals surface area contributed by atoms with Crippen LogP contribution in [-0.2, 0) is 17.8 Å². The lowest BCUT2D eigenvalue weighted by Crippen LogP contribution is -2.39. The number of rotatable bonds is 10. The number of aryl methyl sites for hydroxylation is 1. The minimum atomic E-state index is -0.401. The summed E-state index contributed by atoms with van der Waals surface area (Å²) in [7, 11) is 1.73. The molecule has 4 rings (SSSR count). The number of aromatic nitrogens is 2. The Morgan fingerprint density at radius 3 is 2.56 bits per heavy atom. The highest BCUT2D eigenvalue weighted by Gasteiger charge is 2.33. The van der Waals surface area contributed by atoms with Gasteiger partial charge in [-0.1, -0.05) is 24.3 Å². The van der Waals surface area contributed by atoms with E-state index in [0.29, 0.717) is 13.2 Å². The standard InChI is InChI=1S/C27H34FN3O3/c1-22-12-16-31(29-22)18-19-33-24-10-8-23(9-11-24)20-30-15-5-13-27(32-2,14-17-30)21-34-26-7-4-3-6-25(26)28/h3-4,6-12,16H,5,13-15,17-21H2,1-2H3/t27-/m0/s1. The second kappa shape index (κ2) is 11.5. The molecule has 3 aromatic rings.